The first-order valence-corrected chi connectivity index (χ1v) is 28.8. The summed E-state index contributed by atoms with van der Waals surface area (Å²) in [6.45, 7) is 12.5. The SMILES string of the molecule is CCCCN(Cc1ccc(C(=O)NO)cc1)C(=O)Nc1ccc(OCCCCCCCCCCCn2cc(CCCCC(=O)NC(C(=O)N3CC(O)CC3C(=O)NCc3ccc(-c4scnc4C)cc3)C(C)(C)C)nn2)cc1. The van der Waals surface area contributed by atoms with Gasteiger partial charge < -0.3 is 35.6 Å². The number of urea groups is 1. The van der Waals surface area contributed by atoms with Gasteiger partial charge in [-0.15, -0.1) is 16.4 Å². The molecule has 0 saturated carbocycles. The molecule has 0 bridgehead atoms. The van der Waals surface area contributed by atoms with Crippen LogP contribution in [-0.4, -0.2) is 108 Å². The van der Waals surface area contributed by atoms with Gasteiger partial charge in [0.1, 0.15) is 17.8 Å². The Morgan fingerprint density at radius 3 is 2.18 bits per heavy atom. The molecule has 3 atom stereocenters. The van der Waals surface area contributed by atoms with Gasteiger partial charge in [-0.2, -0.15) is 0 Å². The van der Waals surface area contributed by atoms with Crippen LogP contribution in [0.3, 0.4) is 0 Å². The van der Waals surface area contributed by atoms with Crippen molar-refractivity contribution in [2.75, 3.05) is 25.0 Å². The molecule has 3 heterocycles. The Kier molecular flexibility index (Phi) is 24.1. The van der Waals surface area contributed by atoms with Gasteiger partial charge in [-0.05, 0) is 104 Å². The van der Waals surface area contributed by atoms with E-state index in [4.69, 9.17) is 9.94 Å². The van der Waals surface area contributed by atoms with Gasteiger partial charge in [-0.25, -0.2) is 15.3 Å². The van der Waals surface area contributed by atoms with Crippen LogP contribution in [0.15, 0.2) is 84.5 Å². The number of amides is 6. The summed E-state index contributed by atoms with van der Waals surface area (Å²) < 4.78 is 7.88. The third-order valence-corrected chi connectivity index (χ3v) is 15.0. The smallest absolute Gasteiger partial charge is 0.322 e. The number of thiazole rings is 1. The Balaban J connectivity index is 0.782. The Morgan fingerprint density at radius 1 is 0.846 bits per heavy atom. The molecular weight excluding hydrogens is 1010 g/mol. The molecule has 2 aromatic heterocycles. The van der Waals surface area contributed by atoms with E-state index in [-0.39, 0.29) is 49.7 Å². The summed E-state index contributed by atoms with van der Waals surface area (Å²) in [7, 11) is 0. The third kappa shape index (κ3) is 19.3. The molecular formula is C59H82N10O8S. The fourth-order valence-corrected chi connectivity index (χ4v) is 10.3. The summed E-state index contributed by atoms with van der Waals surface area (Å²) >= 11 is 1.58. The van der Waals surface area contributed by atoms with E-state index in [1.54, 1.807) is 46.0 Å². The van der Waals surface area contributed by atoms with Crippen molar-refractivity contribution in [2.45, 2.75) is 175 Å². The van der Waals surface area contributed by atoms with Crippen LogP contribution in [0.5, 0.6) is 5.75 Å². The summed E-state index contributed by atoms with van der Waals surface area (Å²) in [5, 5.41) is 37.1. The molecule has 6 rings (SSSR count). The Bertz CT molecular complexity index is 2650. The normalized spacial score (nSPS) is 14.7. The van der Waals surface area contributed by atoms with Gasteiger partial charge in [0.05, 0.1) is 34.5 Å². The lowest BCUT2D eigenvalue weighted by Gasteiger charge is -2.35. The average Bonchev–Trinajstić information content (AvgIpc) is 4.24. The number of rotatable bonds is 31. The highest BCUT2D eigenvalue weighted by Gasteiger charge is 2.44. The molecule has 1 saturated heterocycles. The topological polar surface area (TPSA) is 233 Å². The summed E-state index contributed by atoms with van der Waals surface area (Å²) in [5.41, 5.74) is 8.55. The van der Waals surface area contributed by atoms with Crippen molar-refractivity contribution in [3.05, 3.63) is 113 Å². The van der Waals surface area contributed by atoms with Crippen molar-refractivity contribution < 1.29 is 39.0 Å². The number of aromatic nitrogens is 4. The van der Waals surface area contributed by atoms with E-state index < -0.39 is 29.5 Å². The maximum Gasteiger partial charge on any atom is 0.322 e. The van der Waals surface area contributed by atoms with Gasteiger partial charge in [-0.1, -0.05) is 121 Å². The standard InChI is InChI=1S/C59H82N10O8S/c1-6-7-33-67(38-44-23-27-46(28-24-44)55(72)65-76)58(75)62-47-29-31-50(32-30-47)77-35-18-14-12-10-8-9-11-13-17-34-68-39-48(64-66-68)19-15-16-20-52(71)63-54(59(3,4)5)57(74)69-40-49(70)36-51(69)56(73)60-37-43-21-25-45(26-22-43)53-42(2)61-41-78-53/h21-32,39,41,49,51,54,70,76H,6-20,33-38,40H2,1-5H3,(H,60,73)(H,62,75)(H,63,71)(H,65,72). The van der Waals surface area contributed by atoms with E-state index >= 15 is 0 Å². The average molecular weight is 1090 g/mol. The number of β-amino-alcohol motifs (C(OH)–C–C–N with tert-alkyl or cyclic N) is 1. The van der Waals surface area contributed by atoms with Crippen LogP contribution < -0.4 is 26.2 Å². The molecule has 19 heteroatoms. The summed E-state index contributed by atoms with van der Waals surface area (Å²) in [6, 6.07) is 20.2. The molecule has 6 N–H and O–H groups in total. The first-order valence-electron chi connectivity index (χ1n) is 27.9. The lowest BCUT2D eigenvalue weighted by atomic mass is 9.85. The molecule has 3 aromatic carbocycles. The number of carbonyl (C=O) groups is 5. The molecule has 3 unspecified atom stereocenters. The lowest BCUT2D eigenvalue weighted by Crippen LogP contribution is -2.57. The van der Waals surface area contributed by atoms with E-state index in [0.717, 1.165) is 90.2 Å². The lowest BCUT2D eigenvalue weighted by molar-refractivity contribution is -0.144. The molecule has 18 nitrogen and oxygen atoms in total. The molecule has 0 aliphatic carbocycles. The van der Waals surface area contributed by atoms with E-state index in [1.807, 2.05) is 92.6 Å². The van der Waals surface area contributed by atoms with Crippen molar-refractivity contribution >= 4 is 46.7 Å². The molecule has 1 aliphatic rings. The number of nitrogens with one attached hydrogen (secondary N) is 4. The Morgan fingerprint density at radius 2 is 1.53 bits per heavy atom. The number of hydroxylamine groups is 1. The van der Waals surface area contributed by atoms with Gasteiger partial charge in [0.2, 0.25) is 17.7 Å². The Labute approximate surface area is 464 Å². The first kappa shape index (κ1) is 60.5. The van der Waals surface area contributed by atoms with Gasteiger partial charge in [0, 0.05) is 63.0 Å². The molecule has 6 amide bonds. The fraction of sp³-hybridized carbons (Fsp3) is 0.525. The number of benzene rings is 3. The van der Waals surface area contributed by atoms with Crippen LogP contribution in [0, 0.1) is 12.3 Å². The van der Waals surface area contributed by atoms with E-state index in [9.17, 15) is 29.1 Å². The van der Waals surface area contributed by atoms with Crippen LogP contribution in [0.4, 0.5) is 10.5 Å². The van der Waals surface area contributed by atoms with Crippen LogP contribution >= 0.6 is 11.3 Å². The molecule has 0 spiro atoms. The van der Waals surface area contributed by atoms with E-state index in [0.29, 0.717) is 43.8 Å². The largest absolute Gasteiger partial charge is 0.494 e. The van der Waals surface area contributed by atoms with Gasteiger partial charge in [-0.3, -0.25) is 29.1 Å². The maximum atomic E-state index is 14.1. The highest BCUT2D eigenvalue weighted by atomic mass is 32.1. The minimum Gasteiger partial charge on any atom is -0.494 e. The highest BCUT2D eigenvalue weighted by Crippen LogP contribution is 2.29. The van der Waals surface area contributed by atoms with Crippen LogP contribution in [0.1, 0.15) is 157 Å². The number of anilines is 1. The zero-order chi connectivity index (χ0) is 55.9. The van der Waals surface area contributed by atoms with Crippen molar-refractivity contribution in [1.82, 2.24) is 45.9 Å². The predicted molar refractivity (Wildman–Crippen MR) is 303 cm³/mol. The number of likely N-dealkylation sites (tertiary alicyclic amines) is 1. The number of hydrogen-bond donors (Lipinski definition) is 6. The zero-order valence-electron chi connectivity index (χ0n) is 46.3. The van der Waals surface area contributed by atoms with Gasteiger partial charge in [0.15, 0.2) is 0 Å². The molecule has 78 heavy (non-hydrogen) atoms. The third-order valence-electron chi connectivity index (χ3n) is 14.1. The summed E-state index contributed by atoms with van der Waals surface area (Å²) in [5.74, 6) is -0.765. The second-order valence-corrected chi connectivity index (χ2v) is 22.4. The van der Waals surface area contributed by atoms with Crippen molar-refractivity contribution in [2.24, 2.45) is 5.41 Å². The number of carbonyl (C=O) groups excluding carboxylic acids is 5. The second-order valence-electron chi connectivity index (χ2n) is 21.5. The number of ether oxygens (including phenoxy) is 1. The zero-order valence-corrected chi connectivity index (χ0v) is 47.1. The summed E-state index contributed by atoms with van der Waals surface area (Å²) in [4.78, 5) is 74.3. The number of aryl methyl sites for hydroxylation is 3. The minimum absolute atomic E-state index is 0.0217. The molecule has 422 valence electrons. The van der Waals surface area contributed by atoms with Gasteiger partial charge >= 0.3 is 6.03 Å². The monoisotopic (exact) mass is 1090 g/mol. The Hall–Kier alpha value is -6.70. The molecule has 1 aliphatic heterocycles. The quantitative estimate of drug-likeness (QED) is 0.0139. The van der Waals surface area contributed by atoms with Crippen LogP contribution in [-0.2, 0) is 40.4 Å². The number of aliphatic hydroxyl groups excluding tert-OH is 1. The first-order chi connectivity index (χ1) is 37.6. The van der Waals surface area contributed by atoms with Crippen molar-refractivity contribution in [1.29, 1.82) is 0 Å². The van der Waals surface area contributed by atoms with Crippen LogP contribution in [0.25, 0.3) is 10.4 Å². The second kappa shape index (κ2) is 31.0. The fourth-order valence-electron chi connectivity index (χ4n) is 9.46. The molecule has 0 radical (unpaired) electrons. The molecule has 5 aromatic rings. The van der Waals surface area contributed by atoms with Crippen molar-refractivity contribution in [3.8, 4) is 16.2 Å². The summed E-state index contributed by atoms with van der Waals surface area (Å²) in [6.07, 6.45) is 15.6. The van der Waals surface area contributed by atoms with Crippen molar-refractivity contribution in [3.63, 3.8) is 0 Å². The number of aliphatic hydroxyl groups is 1. The highest BCUT2D eigenvalue weighted by molar-refractivity contribution is 7.13. The predicted octanol–water partition coefficient (Wildman–Crippen LogP) is 9.78. The van der Waals surface area contributed by atoms with Gasteiger partial charge in [0.25, 0.3) is 5.91 Å². The van der Waals surface area contributed by atoms with E-state index in [2.05, 4.69) is 38.2 Å². The number of unbranched alkanes of at least 4 members (excludes halogenated alkanes) is 10. The minimum atomic E-state index is -0.875. The number of nitrogens with zero attached hydrogens (tertiary/aromatic N) is 6. The van der Waals surface area contributed by atoms with Crippen LogP contribution in [0.2, 0.25) is 0 Å². The maximum absolute atomic E-state index is 14.1. The number of hydrogen-bond acceptors (Lipinski definition) is 12. The van der Waals surface area contributed by atoms with E-state index in [1.165, 1.54) is 37.0 Å². The molecule has 1 fully saturated rings.